The normalized spacial score (nSPS) is 20.8. The average Bonchev–Trinajstić information content (AvgIpc) is 2.98. The van der Waals surface area contributed by atoms with Crippen molar-refractivity contribution in [2.24, 2.45) is 5.92 Å². The molecule has 0 spiro atoms. The van der Waals surface area contributed by atoms with E-state index in [2.05, 4.69) is 34.6 Å². The van der Waals surface area contributed by atoms with Crippen LogP contribution in [0.3, 0.4) is 0 Å². The van der Waals surface area contributed by atoms with E-state index in [1.165, 1.54) is 25.8 Å². The first-order valence-electron chi connectivity index (χ1n) is 8.78. The number of aromatic nitrogens is 1. The van der Waals surface area contributed by atoms with Crippen molar-refractivity contribution < 1.29 is 0 Å². The Labute approximate surface area is 149 Å². The first-order chi connectivity index (χ1) is 11.6. The molecular formula is C19H27ClN4. The van der Waals surface area contributed by atoms with Crippen molar-refractivity contribution in [3.8, 4) is 0 Å². The maximum absolute atomic E-state index is 6.04. The summed E-state index contributed by atoms with van der Waals surface area (Å²) in [6.07, 6.45) is 5.78. The Hall–Kier alpha value is -1.36. The topological polar surface area (TPSA) is 40.2 Å². The van der Waals surface area contributed by atoms with Gasteiger partial charge in [-0.3, -0.25) is 4.98 Å². The fourth-order valence-electron chi connectivity index (χ4n) is 3.69. The molecule has 2 atom stereocenters. The van der Waals surface area contributed by atoms with Crippen LogP contribution in [-0.4, -0.2) is 49.7 Å². The molecule has 0 radical (unpaired) electrons. The fourth-order valence-corrected chi connectivity index (χ4v) is 3.86. The zero-order valence-electron chi connectivity index (χ0n) is 14.6. The molecule has 2 unspecified atom stereocenters. The zero-order valence-corrected chi connectivity index (χ0v) is 15.3. The number of nitrogens with one attached hydrogen (secondary N) is 2. The molecule has 3 rings (SSSR count). The third-order valence-corrected chi connectivity index (χ3v) is 4.98. The molecular weight excluding hydrogens is 320 g/mol. The van der Waals surface area contributed by atoms with E-state index >= 15 is 0 Å². The summed E-state index contributed by atoms with van der Waals surface area (Å²) in [5, 5.41) is 9.06. The number of nitrogens with zero attached hydrogens (tertiary/aromatic N) is 2. The summed E-state index contributed by atoms with van der Waals surface area (Å²) < 4.78 is 0. The van der Waals surface area contributed by atoms with Gasteiger partial charge in [0.25, 0.3) is 0 Å². The summed E-state index contributed by atoms with van der Waals surface area (Å²) >= 11 is 6.04. The number of rotatable bonds is 7. The Morgan fingerprint density at radius 1 is 1.21 bits per heavy atom. The van der Waals surface area contributed by atoms with Crippen LogP contribution >= 0.6 is 11.6 Å². The molecule has 0 amide bonds. The van der Waals surface area contributed by atoms with Gasteiger partial charge in [0, 0.05) is 48.0 Å². The second kappa shape index (κ2) is 8.15. The number of hydrogen-bond donors (Lipinski definition) is 2. The third-order valence-electron chi connectivity index (χ3n) is 4.74. The highest BCUT2D eigenvalue weighted by atomic mass is 35.5. The van der Waals surface area contributed by atoms with Gasteiger partial charge in [0.15, 0.2) is 0 Å². The highest BCUT2D eigenvalue weighted by Gasteiger charge is 2.24. The van der Waals surface area contributed by atoms with Gasteiger partial charge in [-0.05, 0) is 63.5 Å². The number of hydrogen-bond acceptors (Lipinski definition) is 4. The highest BCUT2D eigenvalue weighted by Crippen LogP contribution is 2.26. The van der Waals surface area contributed by atoms with E-state index in [1.807, 2.05) is 30.5 Å². The maximum atomic E-state index is 6.04. The van der Waals surface area contributed by atoms with Crippen molar-refractivity contribution in [1.29, 1.82) is 0 Å². The second-order valence-corrected chi connectivity index (χ2v) is 7.48. The lowest BCUT2D eigenvalue weighted by Gasteiger charge is -2.17. The van der Waals surface area contributed by atoms with E-state index in [4.69, 9.17) is 11.6 Å². The van der Waals surface area contributed by atoms with E-state index in [9.17, 15) is 0 Å². The SMILES string of the molecule is CN(C)CC1CCC(NCCNc2ccnc3cc(Cl)ccc23)C1. The van der Waals surface area contributed by atoms with E-state index < -0.39 is 0 Å². The molecule has 2 N–H and O–H groups in total. The zero-order chi connectivity index (χ0) is 16.9. The van der Waals surface area contributed by atoms with Crippen molar-refractivity contribution in [2.45, 2.75) is 25.3 Å². The molecule has 2 aromatic rings. The van der Waals surface area contributed by atoms with Gasteiger partial charge < -0.3 is 15.5 Å². The maximum Gasteiger partial charge on any atom is 0.0737 e. The van der Waals surface area contributed by atoms with Crippen LogP contribution in [0.25, 0.3) is 10.9 Å². The standard InChI is InChI=1S/C19H27ClN4/c1-24(2)13-14-3-5-16(11-14)21-9-10-23-18-7-8-22-19-12-15(20)4-6-17(18)19/h4,6-8,12,14,16,21H,3,5,9-11,13H2,1-2H3,(H,22,23). The number of benzene rings is 1. The van der Waals surface area contributed by atoms with Gasteiger partial charge in [0.2, 0.25) is 0 Å². The highest BCUT2D eigenvalue weighted by molar-refractivity contribution is 6.31. The molecule has 1 saturated carbocycles. The summed E-state index contributed by atoms with van der Waals surface area (Å²) in [5.41, 5.74) is 2.05. The third kappa shape index (κ3) is 4.59. The summed E-state index contributed by atoms with van der Waals surface area (Å²) in [6, 6.07) is 8.55. The van der Waals surface area contributed by atoms with E-state index in [0.717, 1.165) is 40.6 Å². The predicted molar refractivity (Wildman–Crippen MR) is 103 cm³/mol. The second-order valence-electron chi connectivity index (χ2n) is 7.04. The van der Waals surface area contributed by atoms with Crippen LogP contribution in [0.15, 0.2) is 30.5 Å². The summed E-state index contributed by atoms with van der Waals surface area (Å²) in [5.74, 6) is 0.847. The minimum Gasteiger partial charge on any atom is -0.383 e. The van der Waals surface area contributed by atoms with Crippen molar-refractivity contribution in [3.05, 3.63) is 35.5 Å². The van der Waals surface area contributed by atoms with Crippen LogP contribution in [0.2, 0.25) is 5.02 Å². The van der Waals surface area contributed by atoms with E-state index in [-0.39, 0.29) is 0 Å². The van der Waals surface area contributed by atoms with Crippen LogP contribution in [0.4, 0.5) is 5.69 Å². The van der Waals surface area contributed by atoms with Crippen molar-refractivity contribution in [2.75, 3.05) is 39.0 Å². The van der Waals surface area contributed by atoms with Gasteiger partial charge in [-0.2, -0.15) is 0 Å². The monoisotopic (exact) mass is 346 g/mol. The van der Waals surface area contributed by atoms with Crippen LogP contribution in [0.1, 0.15) is 19.3 Å². The van der Waals surface area contributed by atoms with Gasteiger partial charge >= 0.3 is 0 Å². The van der Waals surface area contributed by atoms with Crippen LogP contribution in [0, 0.1) is 5.92 Å². The molecule has 0 saturated heterocycles. The van der Waals surface area contributed by atoms with Gasteiger partial charge in [0.05, 0.1) is 5.52 Å². The Morgan fingerprint density at radius 3 is 2.92 bits per heavy atom. The minimum absolute atomic E-state index is 0.671. The lowest BCUT2D eigenvalue weighted by Crippen LogP contribution is -2.31. The quantitative estimate of drug-likeness (QED) is 0.751. The number of anilines is 1. The predicted octanol–water partition coefficient (Wildman–Crippen LogP) is 3.62. The lowest BCUT2D eigenvalue weighted by atomic mass is 10.1. The van der Waals surface area contributed by atoms with Gasteiger partial charge in [-0.25, -0.2) is 0 Å². The van der Waals surface area contributed by atoms with Crippen molar-refractivity contribution in [3.63, 3.8) is 0 Å². The largest absolute Gasteiger partial charge is 0.383 e. The smallest absolute Gasteiger partial charge is 0.0737 e. The number of fused-ring (bicyclic) bond motifs is 1. The molecule has 1 aromatic heterocycles. The van der Waals surface area contributed by atoms with Crippen molar-refractivity contribution in [1.82, 2.24) is 15.2 Å². The summed E-state index contributed by atoms with van der Waals surface area (Å²) in [7, 11) is 4.33. The Balaban J connectivity index is 1.46. The first kappa shape index (κ1) is 17.5. The van der Waals surface area contributed by atoms with E-state index in [1.54, 1.807) is 0 Å². The Morgan fingerprint density at radius 2 is 2.08 bits per heavy atom. The molecule has 4 nitrogen and oxygen atoms in total. The van der Waals surface area contributed by atoms with E-state index in [0.29, 0.717) is 6.04 Å². The van der Waals surface area contributed by atoms with Crippen LogP contribution in [-0.2, 0) is 0 Å². The number of halogens is 1. The first-order valence-corrected chi connectivity index (χ1v) is 9.16. The molecule has 1 aliphatic rings. The van der Waals surface area contributed by atoms with Gasteiger partial charge in [-0.1, -0.05) is 11.6 Å². The molecule has 1 aromatic carbocycles. The van der Waals surface area contributed by atoms with Crippen molar-refractivity contribution >= 4 is 28.2 Å². The summed E-state index contributed by atoms with van der Waals surface area (Å²) in [4.78, 5) is 6.68. The minimum atomic E-state index is 0.671. The summed E-state index contributed by atoms with van der Waals surface area (Å²) in [6.45, 7) is 3.11. The molecule has 1 heterocycles. The Bertz CT molecular complexity index is 673. The van der Waals surface area contributed by atoms with Crippen LogP contribution < -0.4 is 10.6 Å². The fraction of sp³-hybridized carbons (Fsp3) is 0.526. The molecule has 1 aliphatic carbocycles. The molecule has 1 fully saturated rings. The molecule has 0 bridgehead atoms. The van der Waals surface area contributed by atoms with Crippen LogP contribution in [0.5, 0.6) is 0 Å². The van der Waals surface area contributed by atoms with Gasteiger partial charge in [0.1, 0.15) is 0 Å². The lowest BCUT2D eigenvalue weighted by molar-refractivity contribution is 0.324. The molecule has 0 aliphatic heterocycles. The Kier molecular flexibility index (Phi) is 5.93. The molecule has 130 valence electrons. The molecule has 24 heavy (non-hydrogen) atoms. The van der Waals surface area contributed by atoms with Gasteiger partial charge in [-0.15, -0.1) is 0 Å². The average molecular weight is 347 g/mol. The molecule has 5 heteroatoms. The number of pyridine rings is 1.